The molecule has 4 nitrogen and oxygen atoms in total. The molecular formula is C12H21N3O. The van der Waals surface area contributed by atoms with Crippen LogP contribution in [0.3, 0.4) is 0 Å². The summed E-state index contributed by atoms with van der Waals surface area (Å²) < 4.78 is 2.18. The Bertz CT molecular complexity index is 353. The Morgan fingerprint density at radius 3 is 2.88 bits per heavy atom. The normalized spacial score (nSPS) is 19.5. The lowest BCUT2D eigenvalue weighted by Gasteiger charge is -2.34. The second-order valence-electron chi connectivity index (χ2n) is 5.65. The van der Waals surface area contributed by atoms with E-state index in [9.17, 15) is 5.11 Å². The van der Waals surface area contributed by atoms with Crippen LogP contribution in [0.15, 0.2) is 12.4 Å². The number of fused-ring (bicyclic) bond motifs is 1. The summed E-state index contributed by atoms with van der Waals surface area (Å²) >= 11 is 0. The molecule has 0 radical (unpaired) electrons. The van der Waals surface area contributed by atoms with Crippen LogP contribution in [-0.2, 0) is 13.1 Å². The van der Waals surface area contributed by atoms with Gasteiger partial charge in [-0.1, -0.05) is 20.8 Å². The van der Waals surface area contributed by atoms with Crippen LogP contribution in [0.1, 0.15) is 26.6 Å². The molecule has 0 aliphatic carbocycles. The third-order valence-corrected chi connectivity index (χ3v) is 3.25. The molecule has 1 aliphatic rings. The molecule has 0 aromatic carbocycles. The Labute approximate surface area is 96.9 Å². The SMILES string of the molecule is CC(C)(C)C(O)CN1CCn2ccnc2C1. The highest BCUT2D eigenvalue weighted by Crippen LogP contribution is 2.21. The van der Waals surface area contributed by atoms with Gasteiger partial charge in [0, 0.05) is 32.0 Å². The minimum absolute atomic E-state index is 0.0487. The summed E-state index contributed by atoms with van der Waals surface area (Å²) in [4.78, 5) is 6.59. The van der Waals surface area contributed by atoms with Gasteiger partial charge in [-0.05, 0) is 5.41 Å². The summed E-state index contributed by atoms with van der Waals surface area (Å²) in [5, 5.41) is 10.1. The molecule has 1 N–H and O–H groups in total. The number of aromatic nitrogens is 2. The largest absolute Gasteiger partial charge is 0.391 e. The predicted molar refractivity (Wildman–Crippen MR) is 63.0 cm³/mol. The van der Waals surface area contributed by atoms with Crippen LogP contribution >= 0.6 is 0 Å². The molecule has 0 fully saturated rings. The average molecular weight is 223 g/mol. The number of β-amino-alcohol motifs (C(OH)–C–C–N with tert-alkyl or cyclic N) is 1. The number of hydrogen-bond donors (Lipinski definition) is 1. The first kappa shape index (κ1) is 11.6. The summed E-state index contributed by atoms with van der Waals surface area (Å²) in [6.45, 7) is 9.77. The molecule has 4 heteroatoms. The fraction of sp³-hybridized carbons (Fsp3) is 0.750. The first-order chi connectivity index (χ1) is 7.47. The van der Waals surface area contributed by atoms with Gasteiger partial charge in [-0.2, -0.15) is 0 Å². The number of rotatable bonds is 2. The molecule has 0 bridgehead atoms. The van der Waals surface area contributed by atoms with E-state index in [2.05, 4.69) is 35.2 Å². The van der Waals surface area contributed by atoms with Gasteiger partial charge in [-0.25, -0.2) is 4.98 Å². The summed E-state index contributed by atoms with van der Waals surface area (Å²) in [6, 6.07) is 0. The second kappa shape index (κ2) is 4.18. The van der Waals surface area contributed by atoms with Crippen molar-refractivity contribution in [2.24, 2.45) is 5.41 Å². The third kappa shape index (κ3) is 2.44. The van der Waals surface area contributed by atoms with Crippen molar-refractivity contribution in [3.63, 3.8) is 0 Å². The van der Waals surface area contributed by atoms with Crippen LogP contribution in [0, 0.1) is 5.41 Å². The van der Waals surface area contributed by atoms with Crippen molar-refractivity contribution in [3.05, 3.63) is 18.2 Å². The van der Waals surface area contributed by atoms with Crippen molar-refractivity contribution < 1.29 is 5.11 Å². The van der Waals surface area contributed by atoms with Gasteiger partial charge < -0.3 is 9.67 Å². The minimum atomic E-state index is -0.283. The highest BCUT2D eigenvalue weighted by Gasteiger charge is 2.26. The Hall–Kier alpha value is -0.870. The van der Waals surface area contributed by atoms with Crippen molar-refractivity contribution >= 4 is 0 Å². The van der Waals surface area contributed by atoms with E-state index in [1.54, 1.807) is 0 Å². The fourth-order valence-corrected chi connectivity index (χ4v) is 1.90. The van der Waals surface area contributed by atoms with Gasteiger partial charge in [-0.3, -0.25) is 4.90 Å². The Balaban J connectivity index is 1.95. The molecule has 1 unspecified atom stereocenters. The standard InChI is InChI=1S/C12H21N3O/c1-12(2,3)10(16)8-14-6-7-15-5-4-13-11(15)9-14/h4-5,10,16H,6-9H2,1-3H3. The first-order valence-corrected chi connectivity index (χ1v) is 5.87. The lowest BCUT2D eigenvalue weighted by Crippen LogP contribution is -2.42. The van der Waals surface area contributed by atoms with Crippen LogP contribution < -0.4 is 0 Å². The maximum Gasteiger partial charge on any atom is 0.122 e. The number of imidazole rings is 1. The number of hydrogen-bond acceptors (Lipinski definition) is 3. The van der Waals surface area contributed by atoms with Crippen molar-refractivity contribution in [2.45, 2.75) is 40.0 Å². The number of aliphatic hydroxyl groups excluding tert-OH is 1. The zero-order valence-electron chi connectivity index (χ0n) is 10.3. The molecule has 1 aromatic rings. The number of aliphatic hydroxyl groups is 1. The first-order valence-electron chi connectivity index (χ1n) is 5.87. The van der Waals surface area contributed by atoms with Gasteiger partial charge in [0.1, 0.15) is 5.82 Å². The maximum atomic E-state index is 10.1. The Morgan fingerprint density at radius 2 is 2.19 bits per heavy atom. The van der Waals surface area contributed by atoms with Gasteiger partial charge in [-0.15, -0.1) is 0 Å². The molecular weight excluding hydrogens is 202 g/mol. The Kier molecular flexibility index (Phi) is 3.04. The molecule has 2 rings (SSSR count). The summed E-state index contributed by atoms with van der Waals surface area (Å²) in [6.07, 6.45) is 3.58. The quantitative estimate of drug-likeness (QED) is 0.816. The zero-order valence-corrected chi connectivity index (χ0v) is 10.3. The molecule has 0 saturated heterocycles. The lowest BCUT2D eigenvalue weighted by atomic mass is 9.89. The van der Waals surface area contributed by atoms with Gasteiger partial charge in [0.15, 0.2) is 0 Å². The van der Waals surface area contributed by atoms with Crippen LogP contribution in [0.2, 0.25) is 0 Å². The van der Waals surface area contributed by atoms with Crippen molar-refractivity contribution in [1.82, 2.24) is 14.5 Å². The molecule has 1 aromatic heterocycles. The number of nitrogens with zero attached hydrogens (tertiary/aromatic N) is 3. The highest BCUT2D eigenvalue weighted by molar-refractivity contribution is 4.96. The monoisotopic (exact) mass is 223 g/mol. The van der Waals surface area contributed by atoms with E-state index in [0.717, 1.165) is 32.0 Å². The van der Waals surface area contributed by atoms with Gasteiger partial charge in [0.25, 0.3) is 0 Å². The van der Waals surface area contributed by atoms with Gasteiger partial charge in [0.2, 0.25) is 0 Å². The molecule has 1 aliphatic heterocycles. The van der Waals surface area contributed by atoms with E-state index < -0.39 is 0 Å². The van der Waals surface area contributed by atoms with E-state index in [4.69, 9.17) is 0 Å². The molecule has 0 saturated carbocycles. The van der Waals surface area contributed by atoms with Crippen molar-refractivity contribution in [2.75, 3.05) is 13.1 Å². The Morgan fingerprint density at radius 1 is 1.44 bits per heavy atom. The fourth-order valence-electron chi connectivity index (χ4n) is 1.90. The van der Waals surface area contributed by atoms with E-state index in [1.807, 2.05) is 12.4 Å². The summed E-state index contributed by atoms with van der Waals surface area (Å²) in [5.74, 6) is 1.10. The molecule has 16 heavy (non-hydrogen) atoms. The second-order valence-corrected chi connectivity index (χ2v) is 5.65. The van der Waals surface area contributed by atoms with E-state index >= 15 is 0 Å². The molecule has 0 spiro atoms. The molecule has 2 heterocycles. The minimum Gasteiger partial charge on any atom is -0.391 e. The van der Waals surface area contributed by atoms with Crippen LogP contribution in [0.25, 0.3) is 0 Å². The highest BCUT2D eigenvalue weighted by atomic mass is 16.3. The maximum absolute atomic E-state index is 10.1. The molecule has 1 atom stereocenters. The van der Waals surface area contributed by atoms with Gasteiger partial charge in [0.05, 0.1) is 12.6 Å². The lowest BCUT2D eigenvalue weighted by molar-refractivity contribution is 0.0207. The third-order valence-electron chi connectivity index (χ3n) is 3.25. The van der Waals surface area contributed by atoms with E-state index in [0.29, 0.717) is 0 Å². The molecule has 90 valence electrons. The van der Waals surface area contributed by atoms with Crippen LogP contribution in [0.5, 0.6) is 0 Å². The summed E-state index contributed by atoms with van der Waals surface area (Å²) in [5.41, 5.74) is -0.0487. The van der Waals surface area contributed by atoms with Crippen molar-refractivity contribution in [1.29, 1.82) is 0 Å². The van der Waals surface area contributed by atoms with Crippen LogP contribution in [-0.4, -0.2) is 38.8 Å². The smallest absolute Gasteiger partial charge is 0.122 e. The topological polar surface area (TPSA) is 41.3 Å². The van der Waals surface area contributed by atoms with Crippen molar-refractivity contribution in [3.8, 4) is 0 Å². The average Bonchev–Trinajstić information content (AvgIpc) is 2.63. The van der Waals surface area contributed by atoms with Gasteiger partial charge >= 0.3 is 0 Å². The predicted octanol–water partition coefficient (Wildman–Crippen LogP) is 1.11. The van der Waals surface area contributed by atoms with E-state index in [-0.39, 0.29) is 11.5 Å². The van der Waals surface area contributed by atoms with E-state index in [1.165, 1.54) is 0 Å². The zero-order chi connectivity index (χ0) is 11.8. The summed E-state index contributed by atoms with van der Waals surface area (Å²) in [7, 11) is 0. The van der Waals surface area contributed by atoms with Crippen LogP contribution in [0.4, 0.5) is 0 Å². The molecule has 0 amide bonds.